The lowest BCUT2D eigenvalue weighted by atomic mass is 10.1. The molecule has 0 rings (SSSR count). The Morgan fingerprint density at radius 1 is 0.264 bits per heavy atom. The van der Waals surface area contributed by atoms with Crippen LogP contribution in [0, 0.1) is 0 Å². The fraction of sp³-hybridized carbons (Fsp3) is 0.582. The second-order valence-corrected chi connectivity index (χ2v) is 29.5. The van der Waals surface area contributed by atoms with Gasteiger partial charge in [-0.3, -0.25) is 37.3 Å². The molecule has 0 fully saturated rings. The average molecular weight is 1570 g/mol. The molecule has 5 unspecified atom stereocenters. The van der Waals surface area contributed by atoms with Gasteiger partial charge in [0.15, 0.2) is 12.2 Å². The fourth-order valence-electron chi connectivity index (χ4n) is 10.2. The molecule has 0 aliphatic rings. The minimum Gasteiger partial charge on any atom is -0.462 e. The Labute approximate surface area is 665 Å². The van der Waals surface area contributed by atoms with Gasteiger partial charge < -0.3 is 33.8 Å². The molecule has 0 aromatic rings. The van der Waals surface area contributed by atoms with Gasteiger partial charge in [-0.1, -0.05) is 298 Å². The molecule has 0 aromatic heterocycles. The molecule has 0 saturated carbocycles. The van der Waals surface area contributed by atoms with Crippen LogP contribution in [0.2, 0.25) is 0 Å². The standard InChI is InChI=1S/C91H144O17P2/c1-5-9-13-17-21-25-29-33-37-40-42-45-48-51-55-59-63-67-71-75-88(93)101-81-86(107-90(95)77-73-69-65-61-57-53-47-36-32-28-24-20-16-12-8-4)83-105-109(97,98)103-79-85(92)80-104-110(99,100)106-84-87(108-91(96)78-74-70-66-62-58-54-50-44-39-35-31-27-23-19-15-11-7-3)82-102-89(94)76-72-68-64-60-56-52-49-46-43-41-38-34-30-26-22-18-14-10-6-2/h9-16,21-28,33-39,42-43,45-47,51,55,57,61,69,73,85-87,92H,5-8,17-20,29-32,40-41,44,48-50,52-54,56,58-60,62-68,70-72,74-84H2,1-4H3,(H,97,98)(H,99,100)/b13-9-,14-10-,15-11-,16-12-,25-21-,26-22-,27-23-,28-24-,37-33-,38-34-,39-35-,45-42-,46-43-,47-36-,55-51-,61-57-,73-69-. The van der Waals surface area contributed by atoms with Crippen LogP contribution < -0.4 is 0 Å². The number of aliphatic hydroxyl groups is 1. The molecule has 620 valence electrons. The molecule has 17 nitrogen and oxygen atoms in total. The Balaban J connectivity index is 5.51. The van der Waals surface area contributed by atoms with Crippen LogP contribution in [-0.4, -0.2) is 96.7 Å². The van der Waals surface area contributed by atoms with Gasteiger partial charge >= 0.3 is 39.5 Å². The topological polar surface area (TPSA) is 237 Å². The number of hydrogen-bond acceptors (Lipinski definition) is 15. The van der Waals surface area contributed by atoms with E-state index in [9.17, 15) is 43.2 Å². The summed E-state index contributed by atoms with van der Waals surface area (Å²) in [5.74, 6) is -2.41. The fourth-order valence-corrected chi connectivity index (χ4v) is 11.7. The molecule has 0 spiro atoms. The lowest BCUT2D eigenvalue weighted by molar-refractivity contribution is -0.161. The van der Waals surface area contributed by atoms with E-state index in [2.05, 4.69) is 210 Å². The summed E-state index contributed by atoms with van der Waals surface area (Å²) in [6, 6.07) is 0. The van der Waals surface area contributed by atoms with Crippen molar-refractivity contribution in [2.45, 2.75) is 303 Å². The minimum atomic E-state index is -5.02. The Bertz CT molecular complexity index is 2900. The first-order valence-electron chi connectivity index (χ1n) is 41.3. The predicted molar refractivity (Wildman–Crippen MR) is 454 cm³/mol. The summed E-state index contributed by atoms with van der Waals surface area (Å²) < 4.78 is 68.6. The molecule has 110 heavy (non-hydrogen) atoms. The van der Waals surface area contributed by atoms with Gasteiger partial charge in [-0.05, 0) is 167 Å². The van der Waals surface area contributed by atoms with Crippen molar-refractivity contribution in [2.75, 3.05) is 39.6 Å². The number of esters is 4. The Kier molecular flexibility index (Phi) is 76.0. The van der Waals surface area contributed by atoms with Crippen molar-refractivity contribution in [1.29, 1.82) is 0 Å². The number of carbonyl (C=O) groups is 4. The summed E-state index contributed by atoms with van der Waals surface area (Å²) >= 11 is 0. The van der Waals surface area contributed by atoms with Gasteiger partial charge in [0, 0.05) is 19.3 Å². The molecule has 19 heteroatoms. The van der Waals surface area contributed by atoms with E-state index in [0.29, 0.717) is 25.7 Å². The highest BCUT2D eigenvalue weighted by Gasteiger charge is 2.30. The van der Waals surface area contributed by atoms with E-state index in [1.54, 1.807) is 12.2 Å². The quantitative estimate of drug-likeness (QED) is 0.0169. The number of hydrogen-bond donors (Lipinski definition) is 3. The summed E-state index contributed by atoms with van der Waals surface area (Å²) in [5, 5.41) is 10.7. The Morgan fingerprint density at radius 3 is 0.773 bits per heavy atom. The zero-order chi connectivity index (χ0) is 80.3. The van der Waals surface area contributed by atoms with Crippen molar-refractivity contribution in [3.05, 3.63) is 207 Å². The van der Waals surface area contributed by atoms with E-state index in [4.69, 9.17) is 37.0 Å². The maximum atomic E-state index is 13.1. The van der Waals surface area contributed by atoms with E-state index in [1.165, 1.54) is 0 Å². The van der Waals surface area contributed by atoms with Crippen LogP contribution in [0.4, 0.5) is 0 Å². The van der Waals surface area contributed by atoms with Crippen LogP contribution >= 0.6 is 15.6 Å². The highest BCUT2D eigenvalue weighted by atomic mass is 31.2. The third-order valence-electron chi connectivity index (χ3n) is 16.3. The number of allylic oxidation sites excluding steroid dienone is 33. The normalized spacial score (nSPS) is 14.9. The monoisotopic (exact) mass is 1570 g/mol. The third-order valence-corrected chi connectivity index (χ3v) is 18.2. The summed E-state index contributed by atoms with van der Waals surface area (Å²) in [5.41, 5.74) is 0. The Hall–Kier alpha value is -6.36. The Morgan fingerprint density at radius 2 is 0.482 bits per heavy atom. The molecular weight excluding hydrogens is 1430 g/mol. The van der Waals surface area contributed by atoms with Gasteiger partial charge in [-0.2, -0.15) is 0 Å². The predicted octanol–water partition coefficient (Wildman–Crippen LogP) is 24.7. The van der Waals surface area contributed by atoms with Gasteiger partial charge in [0.05, 0.1) is 32.8 Å². The SMILES string of the molecule is CC/C=C\C/C=C\C/C=C\C/C=C\C/C=C\CCCCCC(=O)OCC(COP(=O)(O)OCC(O)COP(=O)(O)OCC(COC(=O)CCCCCCCC/C=C\C/C=C\C/C=C\C/C=C\CC)OC(=O)CCCCCCCCC/C=C\C/C=C\C/C=C\CC)OC(=O)C/C=C\C/C=C\C/C=C\C/C=C\C/C=C\CC. The van der Waals surface area contributed by atoms with Crippen LogP contribution in [0.15, 0.2) is 207 Å². The van der Waals surface area contributed by atoms with Crippen molar-refractivity contribution in [3.8, 4) is 0 Å². The summed E-state index contributed by atoms with van der Waals surface area (Å²) in [6.07, 6.45) is 101. The molecule has 0 saturated heterocycles. The first-order valence-corrected chi connectivity index (χ1v) is 44.3. The van der Waals surface area contributed by atoms with Crippen LogP contribution in [0.25, 0.3) is 0 Å². The molecule has 0 radical (unpaired) electrons. The molecule has 0 aliphatic heterocycles. The highest BCUT2D eigenvalue weighted by Crippen LogP contribution is 2.45. The number of ether oxygens (including phenoxy) is 4. The molecule has 0 aliphatic carbocycles. The van der Waals surface area contributed by atoms with E-state index < -0.39 is 97.5 Å². The van der Waals surface area contributed by atoms with E-state index in [-0.39, 0.29) is 25.7 Å². The highest BCUT2D eigenvalue weighted by molar-refractivity contribution is 7.47. The molecule has 5 atom stereocenters. The van der Waals surface area contributed by atoms with Gasteiger partial charge in [-0.25, -0.2) is 9.13 Å². The molecule has 0 aromatic carbocycles. The zero-order valence-corrected chi connectivity index (χ0v) is 69.6. The van der Waals surface area contributed by atoms with Crippen molar-refractivity contribution in [2.24, 2.45) is 0 Å². The van der Waals surface area contributed by atoms with Gasteiger partial charge in [0.2, 0.25) is 0 Å². The first-order chi connectivity index (χ1) is 53.7. The van der Waals surface area contributed by atoms with E-state index in [1.807, 2.05) is 12.2 Å². The van der Waals surface area contributed by atoms with Gasteiger partial charge in [-0.15, -0.1) is 0 Å². The average Bonchev–Trinajstić information content (AvgIpc) is 0.899. The van der Waals surface area contributed by atoms with Crippen LogP contribution in [0.3, 0.4) is 0 Å². The third kappa shape index (κ3) is 79.7. The smallest absolute Gasteiger partial charge is 0.462 e. The van der Waals surface area contributed by atoms with Crippen LogP contribution in [0.1, 0.15) is 285 Å². The lowest BCUT2D eigenvalue weighted by Gasteiger charge is -2.21. The molecule has 0 heterocycles. The molecule has 0 bridgehead atoms. The number of unbranched alkanes of at least 4 members (excludes halogenated alkanes) is 16. The minimum absolute atomic E-state index is 0.0688. The number of phosphoric acid groups is 2. The van der Waals surface area contributed by atoms with Gasteiger partial charge in [0.25, 0.3) is 0 Å². The first kappa shape index (κ1) is 104. The van der Waals surface area contributed by atoms with Crippen molar-refractivity contribution in [3.63, 3.8) is 0 Å². The van der Waals surface area contributed by atoms with Gasteiger partial charge in [0.1, 0.15) is 19.3 Å². The maximum absolute atomic E-state index is 13.1. The molecular formula is C91H144O17P2. The van der Waals surface area contributed by atoms with E-state index >= 15 is 0 Å². The van der Waals surface area contributed by atoms with Crippen molar-refractivity contribution in [1.82, 2.24) is 0 Å². The number of rotatable bonds is 75. The maximum Gasteiger partial charge on any atom is 0.472 e. The number of aliphatic hydroxyl groups excluding tert-OH is 1. The summed E-state index contributed by atoms with van der Waals surface area (Å²) in [6.45, 7) is 4.23. The zero-order valence-electron chi connectivity index (χ0n) is 67.8. The molecule has 3 N–H and O–H groups in total. The van der Waals surface area contributed by atoms with Crippen molar-refractivity contribution < 1.29 is 80.2 Å². The second-order valence-electron chi connectivity index (χ2n) is 26.6. The largest absolute Gasteiger partial charge is 0.472 e. The van der Waals surface area contributed by atoms with Crippen LogP contribution in [0.5, 0.6) is 0 Å². The van der Waals surface area contributed by atoms with Crippen LogP contribution in [-0.2, 0) is 65.4 Å². The number of carbonyl (C=O) groups excluding carboxylic acids is 4. The molecule has 0 amide bonds. The second kappa shape index (κ2) is 80.7. The summed E-state index contributed by atoms with van der Waals surface area (Å²) in [7, 11) is -10.0. The van der Waals surface area contributed by atoms with Crippen molar-refractivity contribution >= 4 is 39.5 Å². The number of phosphoric ester groups is 2. The lowest BCUT2D eigenvalue weighted by Crippen LogP contribution is -2.30. The van der Waals surface area contributed by atoms with E-state index in [0.717, 1.165) is 205 Å². The summed E-state index contributed by atoms with van der Waals surface area (Å²) in [4.78, 5) is 73.1.